The Morgan fingerprint density at radius 3 is 2.69 bits per heavy atom. The van der Waals surface area contributed by atoms with Crippen molar-refractivity contribution in [1.29, 1.82) is 0 Å². The minimum absolute atomic E-state index is 0.0990. The number of halogens is 2. The highest BCUT2D eigenvalue weighted by molar-refractivity contribution is 9.10. The van der Waals surface area contributed by atoms with E-state index in [1.807, 2.05) is 24.3 Å². The lowest BCUT2D eigenvalue weighted by Gasteiger charge is -2.13. The highest BCUT2D eigenvalue weighted by atomic mass is 79.9. The van der Waals surface area contributed by atoms with E-state index in [1.54, 1.807) is 30.3 Å². The highest BCUT2D eigenvalue weighted by Gasteiger charge is 2.27. The number of benzene rings is 3. The van der Waals surface area contributed by atoms with Crippen molar-refractivity contribution in [1.82, 2.24) is 5.32 Å². The fourth-order valence-corrected chi connectivity index (χ4v) is 4.58. The first kappa shape index (κ1) is 22.4. The number of hydrogen-bond donors (Lipinski definition) is 2. The van der Waals surface area contributed by atoms with Gasteiger partial charge < -0.3 is 15.4 Å². The van der Waals surface area contributed by atoms with E-state index in [9.17, 15) is 9.18 Å². The first-order chi connectivity index (χ1) is 15.5. The Labute approximate surface area is 199 Å². The van der Waals surface area contributed by atoms with Crippen LogP contribution in [0.25, 0.3) is 6.08 Å². The quantitative estimate of drug-likeness (QED) is 0.363. The van der Waals surface area contributed by atoms with Crippen LogP contribution in [-0.2, 0) is 17.8 Å². The van der Waals surface area contributed by atoms with Crippen molar-refractivity contribution in [3.05, 3.63) is 98.6 Å². The van der Waals surface area contributed by atoms with Crippen molar-refractivity contribution in [3.8, 4) is 5.75 Å². The molecule has 1 aliphatic rings. The Morgan fingerprint density at radius 2 is 1.94 bits per heavy atom. The third-order valence-electron chi connectivity index (χ3n) is 4.99. The van der Waals surface area contributed by atoms with Crippen LogP contribution in [0.15, 0.2) is 76.1 Å². The van der Waals surface area contributed by atoms with Crippen LogP contribution in [0.2, 0.25) is 0 Å². The lowest BCUT2D eigenvalue weighted by molar-refractivity contribution is -0.116. The summed E-state index contributed by atoms with van der Waals surface area (Å²) in [7, 11) is 0. The molecular weight excluding hydrogens is 491 g/mol. The molecule has 3 aromatic rings. The normalized spacial score (nSPS) is 16.8. The number of nitrogens with one attached hydrogen (secondary N) is 2. The topological polar surface area (TPSA) is 50.4 Å². The second-order valence-corrected chi connectivity index (χ2v) is 9.30. The molecule has 1 saturated heterocycles. The van der Waals surface area contributed by atoms with Crippen LogP contribution in [0.4, 0.5) is 10.1 Å². The predicted octanol–water partition coefficient (Wildman–Crippen LogP) is 6.33. The first-order valence-corrected chi connectivity index (χ1v) is 11.9. The van der Waals surface area contributed by atoms with Gasteiger partial charge in [0.05, 0.1) is 4.91 Å². The molecule has 0 radical (unpaired) electrons. The van der Waals surface area contributed by atoms with Gasteiger partial charge in [0.1, 0.15) is 18.2 Å². The largest absolute Gasteiger partial charge is 0.488 e. The standard InChI is InChI=1S/C25H22BrFN2O2S/c1-2-16-7-10-20(11-8-16)28-25-29-24(30)23(32-25)14-18-13-19(26)9-12-22(18)31-15-17-5-3-4-6-21(17)27/h3-14,25,28H,2,15H2,1H3,(H,29,30)/b23-14-/t25-/m1/s1. The van der Waals surface area contributed by atoms with E-state index >= 15 is 0 Å². The van der Waals surface area contributed by atoms with Crippen molar-refractivity contribution in [2.45, 2.75) is 25.4 Å². The summed E-state index contributed by atoms with van der Waals surface area (Å²) in [5.74, 6) is 0.109. The Bertz CT molecular complexity index is 1150. The van der Waals surface area contributed by atoms with Gasteiger partial charge in [-0.15, -0.1) is 0 Å². The third-order valence-corrected chi connectivity index (χ3v) is 6.51. The molecule has 4 rings (SSSR count). The summed E-state index contributed by atoms with van der Waals surface area (Å²) in [6, 6.07) is 20.2. The smallest absolute Gasteiger partial charge is 0.260 e. The highest BCUT2D eigenvalue weighted by Crippen LogP contribution is 2.33. The second kappa shape index (κ2) is 10.2. The molecule has 0 bridgehead atoms. The van der Waals surface area contributed by atoms with E-state index in [1.165, 1.54) is 23.4 Å². The Hall–Kier alpha value is -2.77. The van der Waals surface area contributed by atoms with Gasteiger partial charge in [-0.25, -0.2) is 4.39 Å². The Kier molecular flexibility index (Phi) is 7.17. The number of anilines is 1. The molecule has 1 fully saturated rings. The van der Waals surface area contributed by atoms with Crippen LogP contribution in [0, 0.1) is 5.82 Å². The first-order valence-electron chi connectivity index (χ1n) is 10.2. The summed E-state index contributed by atoms with van der Waals surface area (Å²) in [6.07, 6.45) is 2.78. The van der Waals surface area contributed by atoms with Gasteiger partial charge in [0.15, 0.2) is 5.50 Å². The third kappa shape index (κ3) is 5.53. The molecule has 1 aliphatic heterocycles. The number of carbonyl (C=O) groups excluding carboxylic acids is 1. The van der Waals surface area contributed by atoms with E-state index in [0.717, 1.165) is 22.1 Å². The Balaban J connectivity index is 1.49. The van der Waals surface area contributed by atoms with Crippen LogP contribution in [-0.4, -0.2) is 11.4 Å². The average molecular weight is 513 g/mol. The number of amides is 1. The summed E-state index contributed by atoms with van der Waals surface area (Å²) in [5.41, 5.74) is 3.15. The zero-order valence-corrected chi connectivity index (χ0v) is 19.8. The van der Waals surface area contributed by atoms with E-state index in [-0.39, 0.29) is 23.8 Å². The van der Waals surface area contributed by atoms with Crippen LogP contribution >= 0.6 is 27.7 Å². The molecule has 164 valence electrons. The monoisotopic (exact) mass is 512 g/mol. The molecule has 4 nitrogen and oxygen atoms in total. The molecule has 3 aromatic carbocycles. The summed E-state index contributed by atoms with van der Waals surface area (Å²) in [5, 5.41) is 6.27. The van der Waals surface area contributed by atoms with Gasteiger partial charge in [-0.2, -0.15) is 0 Å². The number of rotatable bonds is 7. The van der Waals surface area contributed by atoms with Gasteiger partial charge in [-0.3, -0.25) is 4.79 Å². The van der Waals surface area contributed by atoms with Crippen molar-refractivity contribution in [2.75, 3.05) is 5.32 Å². The van der Waals surface area contributed by atoms with Crippen LogP contribution in [0.5, 0.6) is 5.75 Å². The van der Waals surface area contributed by atoms with E-state index in [4.69, 9.17) is 4.74 Å². The van der Waals surface area contributed by atoms with Crippen molar-refractivity contribution >= 4 is 45.4 Å². The molecule has 0 aromatic heterocycles. The lowest BCUT2D eigenvalue weighted by atomic mass is 10.1. The van der Waals surface area contributed by atoms with Gasteiger partial charge in [0.25, 0.3) is 5.91 Å². The molecule has 0 spiro atoms. The van der Waals surface area contributed by atoms with Gasteiger partial charge in [-0.05, 0) is 54.5 Å². The summed E-state index contributed by atoms with van der Waals surface area (Å²) < 4.78 is 20.7. The zero-order valence-electron chi connectivity index (χ0n) is 17.4. The van der Waals surface area contributed by atoms with Gasteiger partial charge in [0.2, 0.25) is 0 Å². The number of thioether (sulfide) groups is 1. The van der Waals surface area contributed by atoms with Gasteiger partial charge >= 0.3 is 0 Å². The average Bonchev–Trinajstić information content (AvgIpc) is 3.13. The summed E-state index contributed by atoms with van der Waals surface area (Å²) in [6.45, 7) is 2.21. The summed E-state index contributed by atoms with van der Waals surface area (Å²) in [4.78, 5) is 13.1. The minimum atomic E-state index is -0.309. The van der Waals surface area contributed by atoms with Crippen LogP contribution in [0.3, 0.4) is 0 Å². The molecular formula is C25H22BrFN2O2S. The molecule has 1 heterocycles. The number of hydrogen-bond acceptors (Lipinski definition) is 4. The van der Waals surface area contributed by atoms with Gasteiger partial charge in [0, 0.05) is 21.3 Å². The maximum Gasteiger partial charge on any atom is 0.260 e. The fraction of sp³-hybridized carbons (Fsp3) is 0.160. The second-order valence-electron chi connectivity index (χ2n) is 7.24. The number of ether oxygens (including phenoxy) is 1. The molecule has 0 saturated carbocycles. The molecule has 1 atom stereocenters. The molecule has 0 aliphatic carbocycles. The lowest BCUT2D eigenvalue weighted by Crippen LogP contribution is -2.30. The molecule has 32 heavy (non-hydrogen) atoms. The zero-order chi connectivity index (χ0) is 22.5. The number of carbonyl (C=O) groups is 1. The molecule has 2 N–H and O–H groups in total. The van der Waals surface area contributed by atoms with E-state index < -0.39 is 0 Å². The van der Waals surface area contributed by atoms with Crippen LogP contribution < -0.4 is 15.4 Å². The maximum atomic E-state index is 13.9. The van der Waals surface area contributed by atoms with Crippen molar-refractivity contribution in [2.24, 2.45) is 0 Å². The Morgan fingerprint density at radius 1 is 1.16 bits per heavy atom. The minimum Gasteiger partial charge on any atom is -0.488 e. The molecule has 0 unspecified atom stereocenters. The molecule has 1 amide bonds. The fourth-order valence-electron chi connectivity index (χ4n) is 3.23. The number of aryl methyl sites for hydroxylation is 1. The summed E-state index contributed by atoms with van der Waals surface area (Å²) >= 11 is 4.88. The molecule has 7 heteroatoms. The van der Waals surface area contributed by atoms with E-state index in [2.05, 4.69) is 45.6 Å². The predicted molar refractivity (Wildman–Crippen MR) is 132 cm³/mol. The van der Waals surface area contributed by atoms with Crippen LogP contribution in [0.1, 0.15) is 23.6 Å². The van der Waals surface area contributed by atoms with Gasteiger partial charge in [-0.1, -0.05) is 64.9 Å². The maximum absolute atomic E-state index is 13.9. The van der Waals surface area contributed by atoms with Crippen molar-refractivity contribution in [3.63, 3.8) is 0 Å². The van der Waals surface area contributed by atoms with E-state index in [0.29, 0.717) is 16.2 Å². The van der Waals surface area contributed by atoms with Crippen molar-refractivity contribution < 1.29 is 13.9 Å². The SMILES string of the molecule is CCc1ccc(N[C@@H]2NC(=O)/C(=C/c3cc(Br)ccc3OCc3ccccc3F)S2)cc1.